The van der Waals surface area contributed by atoms with Crippen LogP contribution in [0.3, 0.4) is 0 Å². The number of aromatic nitrogens is 1. The Morgan fingerprint density at radius 1 is 1.39 bits per heavy atom. The summed E-state index contributed by atoms with van der Waals surface area (Å²) in [6.45, 7) is 1.88. The van der Waals surface area contributed by atoms with Crippen LogP contribution < -0.4 is 0 Å². The molecular formula is C13H14BrNO2S. The van der Waals surface area contributed by atoms with Crippen LogP contribution in [0.4, 0.5) is 0 Å². The lowest BCUT2D eigenvalue weighted by Gasteiger charge is -2.14. The predicted molar refractivity (Wildman–Crippen MR) is 77.3 cm³/mol. The highest BCUT2D eigenvalue weighted by Gasteiger charge is 2.21. The summed E-state index contributed by atoms with van der Waals surface area (Å²) in [6, 6.07) is 7.54. The van der Waals surface area contributed by atoms with E-state index in [0.717, 1.165) is 20.9 Å². The molecule has 0 radical (unpaired) electrons. The third-order valence-electron chi connectivity index (χ3n) is 2.94. The van der Waals surface area contributed by atoms with E-state index >= 15 is 0 Å². The van der Waals surface area contributed by atoms with Gasteiger partial charge in [0.25, 0.3) is 0 Å². The smallest absolute Gasteiger partial charge is 0.154 e. The zero-order chi connectivity index (χ0) is 13.3. The molecule has 1 heterocycles. The van der Waals surface area contributed by atoms with Gasteiger partial charge in [0, 0.05) is 22.3 Å². The molecule has 0 aliphatic rings. The van der Waals surface area contributed by atoms with Gasteiger partial charge in [-0.3, -0.25) is 4.98 Å². The number of halogens is 1. The molecule has 1 aromatic carbocycles. The summed E-state index contributed by atoms with van der Waals surface area (Å²) in [5.74, 6) is 0. The van der Waals surface area contributed by atoms with E-state index in [0.29, 0.717) is 6.42 Å². The third kappa shape index (κ3) is 2.57. The van der Waals surface area contributed by atoms with E-state index in [1.165, 1.54) is 6.26 Å². The van der Waals surface area contributed by atoms with Gasteiger partial charge in [-0.2, -0.15) is 0 Å². The zero-order valence-corrected chi connectivity index (χ0v) is 12.6. The van der Waals surface area contributed by atoms with Crippen LogP contribution in [0.2, 0.25) is 0 Å². The number of pyridine rings is 1. The van der Waals surface area contributed by atoms with Crippen molar-refractivity contribution in [2.75, 3.05) is 6.26 Å². The number of benzene rings is 1. The minimum atomic E-state index is -3.09. The summed E-state index contributed by atoms with van der Waals surface area (Å²) in [4.78, 5) is 4.27. The van der Waals surface area contributed by atoms with Crippen LogP contribution in [0.15, 0.2) is 34.9 Å². The van der Waals surface area contributed by atoms with Gasteiger partial charge in [-0.25, -0.2) is 8.42 Å². The molecule has 0 aliphatic carbocycles. The van der Waals surface area contributed by atoms with E-state index in [-0.39, 0.29) is 0 Å². The van der Waals surface area contributed by atoms with Gasteiger partial charge < -0.3 is 0 Å². The van der Waals surface area contributed by atoms with Crippen molar-refractivity contribution in [3.63, 3.8) is 0 Å². The second-order valence-corrected chi connectivity index (χ2v) is 7.39. The second-order valence-electron chi connectivity index (χ2n) is 4.30. The van der Waals surface area contributed by atoms with E-state index in [1.54, 1.807) is 6.20 Å². The molecule has 1 aromatic heterocycles. The maximum Gasteiger partial charge on any atom is 0.154 e. The molecule has 0 spiro atoms. The summed E-state index contributed by atoms with van der Waals surface area (Å²) in [6.07, 6.45) is 3.57. The van der Waals surface area contributed by atoms with Crippen molar-refractivity contribution in [3.05, 3.63) is 40.5 Å². The fraction of sp³-hybridized carbons (Fsp3) is 0.308. The molecule has 0 amide bonds. The molecule has 1 unspecified atom stereocenters. The van der Waals surface area contributed by atoms with Crippen molar-refractivity contribution in [3.8, 4) is 0 Å². The first-order valence-corrected chi connectivity index (χ1v) is 8.41. The van der Waals surface area contributed by atoms with Crippen LogP contribution in [0, 0.1) is 0 Å². The van der Waals surface area contributed by atoms with E-state index in [2.05, 4.69) is 20.9 Å². The van der Waals surface area contributed by atoms with Crippen molar-refractivity contribution >= 4 is 36.7 Å². The molecule has 96 valence electrons. The summed E-state index contributed by atoms with van der Waals surface area (Å²) in [7, 11) is -3.09. The number of hydrogen-bond donors (Lipinski definition) is 0. The molecule has 5 heteroatoms. The minimum Gasteiger partial charge on any atom is -0.255 e. The lowest BCUT2D eigenvalue weighted by Crippen LogP contribution is -2.10. The number of sulfone groups is 1. The zero-order valence-electron chi connectivity index (χ0n) is 10.2. The molecule has 1 atom stereocenters. The monoisotopic (exact) mass is 327 g/mol. The Labute approximate surface area is 115 Å². The van der Waals surface area contributed by atoms with Gasteiger partial charge in [-0.05, 0) is 46.1 Å². The van der Waals surface area contributed by atoms with Crippen molar-refractivity contribution in [1.82, 2.24) is 4.98 Å². The fourth-order valence-electron chi connectivity index (χ4n) is 2.14. The number of rotatable bonds is 3. The third-order valence-corrected chi connectivity index (χ3v) is 5.18. The molecule has 0 N–H and O–H groups in total. The van der Waals surface area contributed by atoms with Crippen molar-refractivity contribution in [2.45, 2.75) is 18.6 Å². The fourth-order valence-corrected chi connectivity index (χ4v) is 3.97. The molecule has 0 saturated heterocycles. The van der Waals surface area contributed by atoms with E-state index in [9.17, 15) is 8.42 Å². The van der Waals surface area contributed by atoms with Crippen LogP contribution in [0.5, 0.6) is 0 Å². The maximum absolute atomic E-state index is 11.8. The molecular weight excluding hydrogens is 314 g/mol. The largest absolute Gasteiger partial charge is 0.255 e. The molecule has 0 aliphatic heterocycles. The molecule has 18 heavy (non-hydrogen) atoms. The highest BCUT2D eigenvalue weighted by Crippen LogP contribution is 2.31. The Balaban J connectivity index is 2.66. The lowest BCUT2D eigenvalue weighted by atomic mass is 10.1. The first-order chi connectivity index (χ1) is 8.43. The van der Waals surface area contributed by atoms with Gasteiger partial charge in [0.1, 0.15) is 0 Å². The second kappa shape index (κ2) is 4.97. The van der Waals surface area contributed by atoms with Gasteiger partial charge >= 0.3 is 0 Å². The van der Waals surface area contributed by atoms with E-state index in [4.69, 9.17) is 0 Å². The van der Waals surface area contributed by atoms with Crippen LogP contribution in [-0.4, -0.2) is 19.7 Å². The van der Waals surface area contributed by atoms with Crippen LogP contribution >= 0.6 is 15.9 Å². The highest BCUT2D eigenvalue weighted by atomic mass is 79.9. The van der Waals surface area contributed by atoms with Gasteiger partial charge in [-0.1, -0.05) is 13.0 Å². The molecule has 0 bridgehead atoms. The molecule has 3 nitrogen and oxygen atoms in total. The highest BCUT2D eigenvalue weighted by molar-refractivity contribution is 9.10. The predicted octanol–water partition coefficient (Wildman–Crippen LogP) is 3.49. The van der Waals surface area contributed by atoms with E-state index < -0.39 is 15.1 Å². The van der Waals surface area contributed by atoms with E-state index in [1.807, 2.05) is 31.2 Å². The lowest BCUT2D eigenvalue weighted by molar-refractivity contribution is 0.585. The number of hydrogen-bond acceptors (Lipinski definition) is 3. The standard InChI is InChI=1S/C13H14BrNO2S/c1-3-12(18(2,16)17)10-7-9-5-4-6-15-13(9)11(14)8-10/h4-8,12H,3H2,1-2H3. The number of fused-ring (bicyclic) bond motifs is 1. The Morgan fingerprint density at radius 3 is 2.72 bits per heavy atom. The molecule has 2 aromatic rings. The Kier molecular flexibility index (Phi) is 3.73. The molecule has 0 fully saturated rings. The van der Waals surface area contributed by atoms with Crippen molar-refractivity contribution < 1.29 is 8.42 Å². The first kappa shape index (κ1) is 13.5. The maximum atomic E-state index is 11.8. The topological polar surface area (TPSA) is 47.0 Å². The quantitative estimate of drug-likeness (QED) is 0.866. The Morgan fingerprint density at radius 2 is 2.11 bits per heavy atom. The average Bonchev–Trinajstić information content (AvgIpc) is 2.28. The Hall–Kier alpha value is -0.940. The normalized spacial score (nSPS) is 13.7. The van der Waals surface area contributed by atoms with Gasteiger partial charge in [0.15, 0.2) is 9.84 Å². The van der Waals surface area contributed by atoms with Gasteiger partial charge in [0.05, 0.1) is 10.8 Å². The first-order valence-electron chi connectivity index (χ1n) is 5.66. The summed E-state index contributed by atoms with van der Waals surface area (Å²) in [5.41, 5.74) is 1.66. The summed E-state index contributed by atoms with van der Waals surface area (Å²) >= 11 is 3.45. The Bertz CT molecular complexity index is 682. The van der Waals surface area contributed by atoms with Crippen LogP contribution in [0.1, 0.15) is 24.2 Å². The van der Waals surface area contributed by atoms with Crippen molar-refractivity contribution in [1.29, 1.82) is 0 Å². The van der Waals surface area contributed by atoms with Crippen LogP contribution in [-0.2, 0) is 9.84 Å². The van der Waals surface area contributed by atoms with Gasteiger partial charge in [0.2, 0.25) is 0 Å². The molecule has 0 saturated carbocycles. The van der Waals surface area contributed by atoms with Crippen molar-refractivity contribution in [2.24, 2.45) is 0 Å². The minimum absolute atomic E-state index is 0.460. The SMILES string of the molecule is CCC(c1cc(Br)c2ncccc2c1)S(C)(=O)=O. The number of nitrogens with zero attached hydrogens (tertiary/aromatic N) is 1. The summed E-state index contributed by atoms with van der Waals surface area (Å²) < 4.78 is 24.4. The summed E-state index contributed by atoms with van der Waals surface area (Å²) in [5, 5.41) is 0.488. The van der Waals surface area contributed by atoms with Gasteiger partial charge in [-0.15, -0.1) is 0 Å². The van der Waals surface area contributed by atoms with Crippen LogP contribution in [0.25, 0.3) is 10.9 Å². The molecule has 2 rings (SSSR count). The average molecular weight is 328 g/mol.